The topological polar surface area (TPSA) is 21.1 Å². The second-order valence-electron chi connectivity index (χ2n) is 4.08. The van der Waals surface area contributed by atoms with Crippen molar-refractivity contribution >= 4 is 0 Å². The fourth-order valence-electron chi connectivity index (χ4n) is 2.02. The molecule has 0 radical (unpaired) electrons. The van der Waals surface area contributed by atoms with Crippen molar-refractivity contribution in [2.75, 3.05) is 7.05 Å². The largest absolute Gasteiger partial charge is 0.294 e. The first-order valence-electron chi connectivity index (χ1n) is 4.86. The molecule has 2 heterocycles. The first-order chi connectivity index (χ1) is 6.09. The molecule has 1 aromatic heterocycles. The zero-order valence-electron chi connectivity index (χ0n) is 8.78. The Morgan fingerprint density at radius 2 is 2.15 bits per heavy atom. The van der Waals surface area contributed by atoms with Gasteiger partial charge in [0.2, 0.25) is 0 Å². The molecule has 72 valence electrons. The minimum atomic E-state index is 0.491. The van der Waals surface area contributed by atoms with Crippen LogP contribution in [0.5, 0.6) is 0 Å². The molecule has 2 rings (SSSR count). The van der Waals surface area contributed by atoms with Gasteiger partial charge in [-0.15, -0.1) is 0 Å². The number of hydrogen-bond donors (Lipinski definition) is 0. The molecule has 1 aliphatic rings. The Labute approximate surface area is 79.3 Å². The third-order valence-corrected chi connectivity index (χ3v) is 3.10. The molecule has 0 spiro atoms. The highest BCUT2D eigenvalue weighted by Crippen LogP contribution is 2.26. The van der Waals surface area contributed by atoms with Crippen LogP contribution in [0.25, 0.3) is 0 Å². The second kappa shape index (κ2) is 2.84. The van der Waals surface area contributed by atoms with Gasteiger partial charge in [0.1, 0.15) is 0 Å². The van der Waals surface area contributed by atoms with Crippen molar-refractivity contribution in [2.24, 2.45) is 0 Å². The molecular formula is C10H17N3. The van der Waals surface area contributed by atoms with Gasteiger partial charge in [-0.25, -0.2) is 0 Å². The molecule has 1 aliphatic heterocycles. The first kappa shape index (κ1) is 8.75. The van der Waals surface area contributed by atoms with Crippen molar-refractivity contribution in [2.45, 2.75) is 39.4 Å². The summed E-state index contributed by atoms with van der Waals surface area (Å²) < 4.78 is 2.14. The smallest absolute Gasteiger partial charge is 0.0597 e. The van der Waals surface area contributed by atoms with Crippen LogP contribution >= 0.6 is 0 Å². The fourth-order valence-corrected chi connectivity index (χ4v) is 2.02. The third-order valence-electron chi connectivity index (χ3n) is 3.10. The fraction of sp³-hybridized carbons (Fsp3) is 0.700. The van der Waals surface area contributed by atoms with Crippen molar-refractivity contribution < 1.29 is 0 Å². The van der Waals surface area contributed by atoms with Gasteiger partial charge in [-0.3, -0.25) is 9.58 Å². The highest BCUT2D eigenvalue weighted by molar-refractivity contribution is 5.15. The maximum atomic E-state index is 4.48. The predicted molar refractivity (Wildman–Crippen MR) is 52.6 cm³/mol. The summed E-state index contributed by atoms with van der Waals surface area (Å²) >= 11 is 0. The van der Waals surface area contributed by atoms with Gasteiger partial charge in [-0.05, 0) is 33.9 Å². The van der Waals surface area contributed by atoms with E-state index in [4.69, 9.17) is 0 Å². The molecule has 0 saturated carbocycles. The summed E-state index contributed by atoms with van der Waals surface area (Å²) in [5.74, 6) is 0. The van der Waals surface area contributed by atoms with Crippen LogP contribution in [0.1, 0.15) is 31.3 Å². The Morgan fingerprint density at radius 1 is 1.46 bits per heavy atom. The lowest BCUT2D eigenvalue weighted by atomic mass is 10.1. The lowest BCUT2D eigenvalue weighted by molar-refractivity contribution is 0.137. The van der Waals surface area contributed by atoms with E-state index >= 15 is 0 Å². The van der Waals surface area contributed by atoms with Gasteiger partial charge in [-0.1, -0.05) is 0 Å². The minimum Gasteiger partial charge on any atom is -0.294 e. The summed E-state index contributed by atoms with van der Waals surface area (Å²) in [6, 6.07) is 3.26. The van der Waals surface area contributed by atoms with E-state index < -0.39 is 0 Å². The Hall–Kier alpha value is -0.830. The van der Waals surface area contributed by atoms with Gasteiger partial charge in [0, 0.05) is 12.1 Å². The van der Waals surface area contributed by atoms with E-state index in [2.05, 4.69) is 48.6 Å². The Balaban J connectivity index is 2.42. The molecule has 2 atom stereocenters. The molecule has 0 N–H and O–H groups in total. The molecule has 0 bridgehead atoms. The number of fused-ring (bicyclic) bond motifs is 1. The van der Waals surface area contributed by atoms with Gasteiger partial charge in [0.15, 0.2) is 0 Å². The van der Waals surface area contributed by atoms with Gasteiger partial charge in [0.05, 0.1) is 17.9 Å². The third kappa shape index (κ3) is 1.27. The zero-order valence-corrected chi connectivity index (χ0v) is 8.78. The van der Waals surface area contributed by atoms with Crippen LogP contribution in [0.4, 0.5) is 0 Å². The quantitative estimate of drug-likeness (QED) is 0.603. The van der Waals surface area contributed by atoms with Crippen LogP contribution in [0.3, 0.4) is 0 Å². The number of likely N-dealkylation sites (N-methyl/N-ethyl adjacent to an activating group) is 1. The molecule has 0 fully saturated rings. The van der Waals surface area contributed by atoms with E-state index in [0.717, 1.165) is 12.2 Å². The normalized spacial score (nSPS) is 28.9. The second-order valence-corrected chi connectivity index (χ2v) is 4.08. The van der Waals surface area contributed by atoms with Crippen LogP contribution in [0.15, 0.2) is 6.07 Å². The Morgan fingerprint density at radius 3 is 2.85 bits per heavy atom. The Bertz CT molecular complexity index is 316. The number of rotatable bonds is 0. The maximum absolute atomic E-state index is 4.48. The molecule has 0 aliphatic carbocycles. The van der Waals surface area contributed by atoms with Crippen LogP contribution < -0.4 is 0 Å². The predicted octanol–water partition coefficient (Wildman–Crippen LogP) is 1.59. The molecule has 13 heavy (non-hydrogen) atoms. The van der Waals surface area contributed by atoms with Crippen molar-refractivity contribution in [1.29, 1.82) is 0 Å². The molecule has 3 heteroatoms. The summed E-state index contributed by atoms with van der Waals surface area (Å²) in [7, 11) is 2.18. The molecule has 0 amide bonds. The van der Waals surface area contributed by atoms with Gasteiger partial charge in [0.25, 0.3) is 0 Å². The summed E-state index contributed by atoms with van der Waals surface area (Å²) in [5.41, 5.74) is 2.47. The van der Waals surface area contributed by atoms with Crippen LogP contribution in [-0.2, 0) is 6.54 Å². The minimum absolute atomic E-state index is 0.491. The number of nitrogens with zero attached hydrogens (tertiary/aromatic N) is 3. The average molecular weight is 179 g/mol. The number of hydrogen-bond acceptors (Lipinski definition) is 2. The molecule has 0 aromatic carbocycles. The van der Waals surface area contributed by atoms with Crippen LogP contribution in [-0.4, -0.2) is 27.8 Å². The lowest BCUT2D eigenvalue weighted by Gasteiger charge is -2.36. The first-order valence-corrected chi connectivity index (χ1v) is 4.86. The Kier molecular flexibility index (Phi) is 1.91. The summed E-state index contributed by atoms with van der Waals surface area (Å²) in [6.07, 6.45) is 0. The number of aryl methyl sites for hydroxylation is 1. The summed E-state index contributed by atoms with van der Waals surface area (Å²) in [6.45, 7) is 7.56. The van der Waals surface area contributed by atoms with Crippen molar-refractivity contribution in [3.63, 3.8) is 0 Å². The summed E-state index contributed by atoms with van der Waals surface area (Å²) in [5, 5.41) is 4.48. The molecule has 0 unspecified atom stereocenters. The highest BCUT2D eigenvalue weighted by atomic mass is 15.4. The van der Waals surface area contributed by atoms with E-state index in [-0.39, 0.29) is 0 Å². The molecule has 0 saturated heterocycles. The van der Waals surface area contributed by atoms with E-state index in [1.54, 1.807) is 0 Å². The average Bonchev–Trinajstić information content (AvgIpc) is 2.42. The van der Waals surface area contributed by atoms with Gasteiger partial charge >= 0.3 is 0 Å². The molecular weight excluding hydrogens is 162 g/mol. The lowest BCUT2D eigenvalue weighted by Crippen LogP contribution is -2.40. The zero-order chi connectivity index (χ0) is 9.59. The van der Waals surface area contributed by atoms with E-state index in [0.29, 0.717) is 12.1 Å². The monoisotopic (exact) mass is 179 g/mol. The SMILES string of the molecule is Cc1cc2n(n1)C[C@@H](C)N(C)[C@H]2C. The van der Waals surface area contributed by atoms with E-state index in [1.807, 2.05) is 0 Å². The van der Waals surface area contributed by atoms with Crippen molar-refractivity contribution in [3.05, 3.63) is 17.5 Å². The van der Waals surface area contributed by atoms with Crippen LogP contribution in [0, 0.1) is 6.92 Å². The van der Waals surface area contributed by atoms with Crippen LogP contribution in [0.2, 0.25) is 0 Å². The standard InChI is InChI=1S/C10H17N3/c1-7-5-10-9(3)12(4)8(2)6-13(10)11-7/h5,8-9H,6H2,1-4H3/t8-,9+/m1/s1. The number of aromatic nitrogens is 2. The van der Waals surface area contributed by atoms with Crippen molar-refractivity contribution in [3.8, 4) is 0 Å². The maximum Gasteiger partial charge on any atom is 0.0597 e. The van der Waals surface area contributed by atoms with E-state index in [1.165, 1.54) is 5.69 Å². The highest BCUT2D eigenvalue weighted by Gasteiger charge is 2.26. The van der Waals surface area contributed by atoms with Gasteiger partial charge < -0.3 is 0 Å². The van der Waals surface area contributed by atoms with Gasteiger partial charge in [-0.2, -0.15) is 5.10 Å². The molecule has 1 aromatic rings. The molecule has 3 nitrogen and oxygen atoms in total. The van der Waals surface area contributed by atoms with E-state index in [9.17, 15) is 0 Å². The summed E-state index contributed by atoms with van der Waals surface area (Å²) in [4.78, 5) is 2.40. The van der Waals surface area contributed by atoms with Crippen molar-refractivity contribution in [1.82, 2.24) is 14.7 Å².